The molecule has 0 aliphatic carbocycles. The number of halogens is 2. The molecule has 10 heteroatoms. The Bertz CT molecular complexity index is 908. The highest BCUT2D eigenvalue weighted by Gasteiger charge is 2.35. The summed E-state index contributed by atoms with van der Waals surface area (Å²) in [7, 11) is -7.97. The Morgan fingerprint density at radius 1 is 0.692 bits per heavy atom. The van der Waals surface area contributed by atoms with E-state index in [0.29, 0.717) is 0 Å². The van der Waals surface area contributed by atoms with Crippen molar-refractivity contribution in [2.24, 2.45) is 0 Å². The van der Waals surface area contributed by atoms with E-state index in [-0.39, 0.29) is 21.2 Å². The number of rotatable bonds is 7. The molecule has 6 nitrogen and oxygen atoms in total. The van der Waals surface area contributed by atoms with Crippen LogP contribution in [0.25, 0.3) is 0 Å². The molecule has 142 valence electrons. The van der Waals surface area contributed by atoms with Crippen LogP contribution in [0, 0.1) is 0 Å². The minimum absolute atomic E-state index is 0.190. The second-order valence-corrected chi connectivity index (χ2v) is 9.50. The highest BCUT2D eigenvalue weighted by Crippen LogP contribution is 2.42. The van der Waals surface area contributed by atoms with Gasteiger partial charge in [0, 0.05) is 21.2 Å². The molecule has 2 rings (SSSR count). The Morgan fingerprint density at radius 2 is 1.00 bits per heavy atom. The average molecular weight is 439 g/mol. The molecule has 0 N–H and O–H groups in total. The van der Waals surface area contributed by atoms with E-state index in [1.807, 2.05) is 0 Å². The van der Waals surface area contributed by atoms with Gasteiger partial charge in [0.25, 0.3) is 20.2 Å². The lowest BCUT2D eigenvalue weighted by molar-refractivity contribution is 0.0632. The third-order valence-electron chi connectivity index (χ3n) is 3.26. The molecule has 0 unspecified atom stereocenters. The zero-order valence-electron chi connectivity index (χ0n) is 13.8. The summed E-state index contributed by atoms with van der Waals surface area (Å²) in [5, 5.41) is 0.380. The van der Waals surface area contributed by atoms with E-state index < -0.39 is 32.4 Å². The van der Waals surface area contributed by atoms with Gasteiger partial charge in [-0.05, 0) is 12.1 Å². The molecule has 0 aromatic heterocycles. The van der Waals surface area contributed by atoms with Crippen LogP contribution in [-0.2, 0) is 28.6 Å². The number of benzene rings is 2. The Hall–Kier alpha value is -1.16. The maximum absolute atomic E-state index is 11.8. The molecule has 0 amide bonds. The third kappa shape index (κ3) is 5.94. The van der Waals surface area contributed by atoms with Crippen molar-refractivity contribution in [1.82, 2.24) is 0 Å². The first-order valence-corrected chi connectivity index (χ1v) is 11.6. The van der Waals surface area contributed by atoms with Crippen LogP contribution < -0.4 is 0 Å². The molecule has 0 bridgehead atoms. The predicted molar refractivity (Wildman–Crippen MR) is 100 cm³/mol. The van der Waals surface area contributed by atoms with Gasteiger partial charge in [-0.2, -0.15) is 16.8 Å². The van der Waals surface area contributed by atoms with Crippen LogP contribution in [0.2, 0.25) is 10.0 Å². The van der Waals surface area contributed by atoms with E-state index in [9.17, 15) is 16.8 Å². The predicted octanol–water partition coefficient (Wildman–Crippen LogP) is 3.73. The Labute approximate surface area is 162 Å². The maximum Gasteiger partial charge on any atom is 0.265 e. The second kappa shape index (κ2) is 8.24. The highest BCUT2D eigenvalue weighted by atomic mass is 35.5. The largest absolute Gasteiger partial charge is 0.265 e. The molecule has 2 aromatic carbocycles. The van der Waals surface area contributed by atoms with Gasteiger partial charge in [-0.25, -0.2) is 0 Å². The summed E-state index contributed by atoms with van der Waals surface area (Å²) in [6.45, 7) is 0. The highest BCUT2D eigenvalue weighted by molar-refractivity contribution is 7.86. The molecule has 0 saturated carbocycles. The van der Waals surface area contributed by atoms with Gasteiger partial charge in [0.2, 0.25) is 0 Å². The van der Waals surface area contributed by atoms with Gasteiger partial charge in [0.15, 0.2) is 0 Å². The molecule has 2 aromatic rings. The van der Waals surface area contributed by atoms with Crippen LogP contribution >= 0.6 is 23.2 Å². The fourth-order valence-electron chi connectivity index (χ4n) is 2.32. The van der Waals surface area contributed by atoms with Crippen molar-refractivity contribution >= 4 is 43.4 Å². The zero-order valence-corrected chi connectivity index (χ0v) is 16.9. The van der Waals surface area contributed by atoms with Gasteiger partial charge in [0.1, 0.15) is 12.2 Å². The van der Waals surface area contributed by atoms with Crippen molar-refractivity contribution < 1.29 is 25.2 Å². The van der Waals surface area contributed by atoms with Crippen LogP contribution in [0.4, 0.5) is 0 Å². The molecule has 2 atom stereocenters. The van der Waals surface area contributed by atoms with Gasteiger partial charge >= 0.3 is 0 Å². The summed E-state index contributed by atoms with van der Waals surface area (Å²) in [5.74, 6) is 0. The summed E-state index contributed by atoms with van der Waals surface area (Å²) in [4.78, 5) is 0. The van der Waals surface area contributed by atoms with Crippen LogP contribution in [0.3, 0.4) is 0 Å². The average Bonchev–Trinajstić information content (AvgIpc) is 2.50. The Kier molecular flexibility index (Phi) is 6.70. The first-order valence-electron chi connectivity index (χ1n) is 7.23. The number of hydrogen-bond acceptors (Lipinski definition) is 6. The quantitative estimate of drug-likeness (QED) is 0.611. The molecule has 0 saturated heterocycles. The lowest BCUT2D eigenvalue weighted by atomic mass is 9.98. The smallest absolute Gasteiger partial charge is 0.259 e. The molecule has 0 spiro atoms. The van der Waals surface area contributed by atoms with E-state index in [1.54, 1.807) is 24.3 Å². The lowest BCUT2D eigenvalue weighted by Gasteiger charge is -2.27. The van der Waals surface area contributed by atoms with Crippen molar-refractivity contribution in [3.05, 3.63) is 69.7 Å². The monoisotopic (exact) mass is 438 g/mol. The first-order chi connectivity index (χ1) is 12.0. The van der Waals surface area contributed by atoms with E-state index in [1.165, 1.54) is 24.3 Å². The Balaban J connectivity index is 2.69. The summed E-state index contributed by atoms with van der Waals surface area (Å²) >= 11 is 12.4. The fourth-order valence-corrected chi connectivity index (χ4v) is 3.97. The van der Waals surface area contributed by atoms with Crippen molar-refractivity contribution in [2.45, 2.75) is 12.2 Å². The van der Waals surface area contributed by atoms with Crippen LogP contribution in [0.15, 0.2) is 48.5 Å². The minimum atomic E-state index is -3.99. The topological polar surface area (TPSA) is 86.7 Å². The first kappa shape index (κ1) is 21.1. The number of hydrogen-bond donors (Lipinski definition) is 0. The van der Waals surface area contributed by atoms with Crippen LogP contribution in [0.1, 0.15) is 23.3 Å². The van der Waals surface area contributed by atoms with Crippen LogP contribution in [0.5, 0.6) is 0 Å². The standard InChI is InChI=1S/C16H16Cl2O6S2/c1-25(19,20)23-15(11-7-3-5-9-13(11)17)16(24-26(2,21)22)12-8-4-6-10-14(12)18/h3-10,15-16H,1-2H3/t15-,16-/m0/s1. The molecule has 0 aliphatic heterocycles. The van der Waals surface area contributed by atoms with Gasteiger partial charge in [-0.15, -0.1) is 0 Å². The molecule has 0 heterocycles. The lowest BCUT2D eigenvalue weighted by Crippen LogP contribution is -2.23. The second-order valence-electron chi connectivity index (χ2n) is 5.48. The molecule has 0 aliphatic rings. The Morgan fingerprint density at radius 3 is 1.27 bits per heavy atom. The molecular weight excluding hydrogens is 423 g/mol. The summed E-state index contributed by atoms with van der Waals surface area (Å²) < 4.78 is 57.6. The third-order valence-corrected chi connectivity index (χ3v) is 5.06. The van der Waals surface area contributed by atoms with Gasteiger partial charge in [-0.1, -0.05) is 59.6 Å². The molecular formula is C16H16Cl2O6S2. The van der Waals surface area contributed by atoms with Gasteiger partial charge in [0.05, 0.1) is 12.5 Å². The summed E-state index contributed by atoms with van der Waals surface area (Å²) in [6.07, 6.45) is -1.04. The summed E-state index contributed by atoms with van der Waals surface area (Å²) in [5.41, 5.74) is 0.487. The summed E-state index contributed by atoms with van der Waals surface area (Å²) in [6, 6.07) is 12.6. The van der Waals surface area contributed by atoms with Gasteiger partial charge < -0.3 is 0 Å². The molecule has 0 radical (unpaired) electrons. The van der Waals surface area contributed by atoms with E-state index in [4.69, 9.17) is 31.6 Å². The minimum Gasteiger partial charge on any atom is -0.259 e. The molecule has 26 heavy (non-hydrogen) atoms. The zero-order chi connectivity index (χ0) is 19.5. The molecule has 0 fully saturated rings. The van der Waals surface area contributed by atoms with Crippen LogP contribution in [-0.4, -0.2) is 29.3 Å². The van der Waals surface area contributed by atoms with E-state index in [0.717, 1.165) is 12.5 Å². The van der Waals surface area contributed by atoms with Crippen molar-refractivity contribution in [3.63, 3.8) is 0 Å². The van der Waals surface area contributed by atoms with E-state index in [2.05, 4.69) is 0 Å². The SMILES string of the molecule is CS(=O)(=O)O[C@@H](c1ccccc1Cl)[C@@H](OS(C)(=O)=O)c1ccccc1Cl. The maximum atomic E-state index is 11.8. The van der Waals surface area contributed by atoms with Crippen molar-refractivity contribution in [1.29, 1.82) is 0 Å². The normalized spacial score (nSPS) is 14.8. The van der Waals surface area contributed by atoms with Gasteiger partial charge in [-0.3, -0.25) is 8.37 Å². The van der Waals surface area contributed by atoms with E-state index >= 15 is 0 Å². The van der Waals surface area contributed by atoms with Crippen molar-refractivity contribution in [2.75, 3.05) is 12.5 Å². The van der Waals surface area contributed by atoms with Crippen molar-refractivity contribution in [3.8, 4) is 0 Å². The fraction of sp³-hybridized carbons (Fsp3) is 0.250.